The van der Waals surface area contributed by atoms with Gasteiger partial charge in [0.2, 0.25) is 0 Å². The van der Waals surface area contributed by atoms with Crippen molar-refractivity contribution in [2.45, 2.75) is 95.6 Å². The molecular weight excluding hydrogens is 402 g/mol. The van der Waals surface area contributed by atoms with Crippen molar-refractivity contribution < 1.29 is 54.4 Å². The quantitative estimate of drug-likeness (QED) is 0.330. The van der Waals surface area contributed by atoms with Crippen LogP contribution in [-0.2, 0) is 24.1 Å². The number of quaternary nitrogens is 1. The molecular formula is C19H33NO10. The summed E-state index contributed by atoms with van der Waals surface area (Å²) < 4.78 is 0. The maximum atomic E-state index is 12.1. The zero-order chi connectivity index (χ0) is 23.8. The Labute approximate surface area is 175 Å². The predicted molar refractivity (Wildman–Crippen MR) is 99.2 cm³/mol. The highest BCUT2D eigenvalue weighted by Gasteiger charge is 2.67. The highest BCUT2D eigenvalue weighted by molar-refractivity contribution is 5.87. The van der Waals surface area contributed by atoms with Crippen LogP contribution in [0.5, 0.6) is 0 Å². The van der Waals surface area contributed by atoms with Crippen LogP contribution in [-0.4, -0.2) is 78.1 Å². The summed E-state index contributed by atoms with van der Waals surface area (Å²) >= 11 is 0. The van der Waals surface area contributed by atoms with E-state index < -0.39 is 63.9 Å². The summed E-state index contributed by atoms with van der Waals surface area (Å²) in [6.45, 7) is 9.00. The molecule has 174 valence electrons. The third-order valence-electron chi connectivity index (χ3n) is 5.21. The summed E-state index contributed by atoms with van der Waals surface area (Å²) in [6.07, 6.45) is -3.03. The number of nitrogens with zero attached hydrogens (tertiary/aromatic N) is 1. The lowest BCUT2D eigenvalue weighted by Gasteiger charge is -2.58. The van der Waals surface area contributed by atoms with E-state index in [4.69, 9.17) is 9.68 Å². The van der Waals surface area contributed by atoms with Crippen LogP contribution in [0.2, 0.25) is 0 Å². The Morgan fingerprint density at radius 2 is 1.43 bits per heavy atom. The molecule has 1 aliphatic rings. The molecule has 0 aliphatic carbocycles. The second-order valence-corrected chi connectivity index (χ2v) is 9.84. The van der Waals surface area contributed by atoms with Crippen LogP contribution in [0.25, 0.3) is 0 Å². The predicted octanol–water partition coefficient (Wildman–Crippen LogP) is -0.413. The summed E-state index contributed by atoms with van der Waals surface area (Å²) in [6, 6.07) is 0. The fraction of sp³-hybridized carbons (Fsp3) is 0.842. The van der Waals surface area contributed by atoms with Gasteiger partial charge in [0.15, 0.2) is 16.7 Å². The van der Waals surface area contributed by atoms with Crippen molar-refractivity contribution in [3.63, 3.8) is 0 Å². The van der Waals surface area contributed by atoms with Crippen molar-refractivity contribution in [3.05, 3.63) is 0 Å². The second kappa shape index (κ2) is 8.39. The number of carboxylic acid groups (broad SMARTS) is 3. The Bertz CT molecular complexity index is 645. The zero-order valence-corrected chi connectivity index (χ0v) is 18.3. The third-order valence-corrected chi connectivity index (χ3v) is 5.21. The van der Waals surface area contributed by atoms with Crippen molar-refractivity contribution in [2.24, 2.45) is 0 Å². The van der Waals surface area contributed by atoms with E-state index in [1.807, 2.05) is 0 Å². The van der Waals surface area contributed by atoms with Crippen LogP contribution in [0, 0.1) is 0 Å². The number of carbonyl (C=O) groups is 3. The van der Waals surface area contributed by atoms with Crippen molar-refractivity contribution >= 4 is 17.9 Å². The number of piperidine rings is 1. The molecule has 30 heavy (non-hydrogen) atoms. The van der Waals surface area contributed by atoms with E-state index >= 15 is 0 Å². The molecule has 0 spiro atoms. The molecule has 0 amide bonds. The Morgan fingerprint density at radius 1 is 1.03 bits per heavy atom. The lowest BCUT2D eigenvalue weighted by Crippen LogP contribution is -2.78. The minimum atomic E-state index is -2.77. The minimum Gasteiger partial charge on any atom is -0.547 e. The maximum absolute atomic E-state index is 12.1. The first kappa shape index (κ1) is 26.2. The number of hydrogen-bond acceptors (Lipinski definition) is 8. The van der Waals surface area contributed by atoms with Gasteiger partial charge < -0.3 is 30.3 Å². The number of carbonyl (C=O) groups excluding carboxylic acids is 1. The molecule has 0 aromatic rings. The topological polar surface area (TPSA) is 174 Å². The van der Waals surface area contributed by atoms with Gasteiger partial charge >= 0.3 is 11.9 Å². The number of aliphatic hydroxyl groups excluding tert-OH is 1. The maximum Gasteiger partial charge on any atom is 0.306 e. The third kappa shape index (κ3) is 5.46. The number of hydroxylamine groups is 4. The summed E-state index contributed by atoms with van der Waals surface area (Å²) in [5, 5.41) is 51.2. The Kier molecular flexibility index (Phi) is 7.34. The number of rotatable bonds is 10. The van der Waals surface area contributed by atoms with E-state index in [1.54, 1.807) is 27.7 Å². The normalized spacial score (nSPS) is 26.2. The minimum absolute atomic E-state index is 0.0750. The van der Waals surface area contributed by atoms with E-state index in [-0.39, 0.29) is 19.4 Å². The van der Waals surface area contributed by atoms with Gasteiger partial charge in [-0.25, -0.2) is 0 Å². The number of aliphatic hydroxyl groups is 2. The lowest BCUT2D eigenvalue weighted by molar-refractivity contribution is -1.31. The molecule has 1 fully saturated rings. The van der Waals surface area contributed by atoms with Gasteiger partial charge in [0.05, 0.1) is 30.5 Å². The summed E-state index contributed by atoms with van der Waals surface area (Å²) in [4.78, 5) is 45.9. The smallest absolute Gasteiger partial charge is 0.306 e. The monoisotopic (exact) mass is 435 g/mol. The Balaban J connectivity index is 3.72. The molecule has 4 N–H and O–H groups in total. The Hall–Kier alpha value is -1.79. The highest BCUT2D eigenvalue weighted by Crippen LogP contribution is 2.49. The summed E-state index contributed by atoms with van der Waals surface area (Å²) in [7, 11) is 0. The van der Waals surface area contributed by atoms with Gasteiger partial charge in [-0.2, -0.15) is 9.68 Å². The summed E-state index contributed by atoms with van der Waals surface area (Å²) in [5.41, 5.74) is -6.47. The molecule has 0 aromatic carbocycles. The van der Waals surface area contributed by atoms with E-state index in [0.29, 0.717) is 0 Å². The molecule has 11 nitrogen and oxygen atoms in total. The SMILES string of the molecule is CC(C)(O)CO[N+]1(OC(CC(=O)O)(CC(=O)O)C(=O)[O-])C(C)(C)CC(O)CC1(C)C. The molecule has 0 bridgehead atoms. The number of aliphatic carboxylic acids is 3. The molecule has 0 unspecified atom stereocenters. The van der Waals surface area contributed by atoms with Crippen LogP contribution in [0.3, 0.4) is 0 Å². The van der Waals surface area contributed by atoms with Crippen molar-refractivity contribution in [1.29, 1.82) is 0 Å². The van der Waals surface area contributed by atoms with Gasteiger partial charge in [0, 0.05) is 12.8 Å². The van der Waals surface area contributed by atoms with Gasteiger partial charge in [0.1, 0.15) is 6.61 Å². The first-order valence-corrected chi connectivity index (χ1v) is 9.59. The van der Waals surface area contributed by atoms with E-state index in [9.17, 15) is 39.9 Å². The molecule has 1 aliphatic heterocycles. The van der Waals surface area contributed by atoms with Crippen molar-refractivity contribution in [2.75, 3.05) is 6.61 Å². The van der Waals surface area contributed by atoms with E-state index in [0.717, 1.165) is 0 Å². The Morgan fingerprint density at radius 3 is 1.73 bits per heavy atom. The van der Waals surface area contributed by atoms with Gasteiger partial charge in [-0.1, -0.05) is 0 Å². The number of hydrogen-bond donors (Lipinski definition) is 4. The molecule has 1 heterocycles. The fourth-order valence-electron chi connectivity index (χ4n) is 4.20. The fourth-order valence-corrected chi connectivity index (χ4v) is 4.20. The van der Waals surface area contributed by atoms with Crippen molar-refractivity contribution in [1.82, 2.24) is 0 Å². The highest BCUT2D eigenvalue weighted by atomic mass is 17.0. The average Bonchev–Trinajstić information content (AvgIpc) is 2.45. The van der Waals surface area contributed by atoms with Gasteiger partial charge in [0.25, 0.3) is 0 Å². The van der Waals surface area contributed by atoms with E-state index in [2.05, 4.69) is 0 Å². The first-order chi connectivity index (χ1) is 13.3. The molecule has 1 saturated heterocycles. The molecule has 11 heteroatoms. The molecule has 0 saturated carbocycles. The van der Waals surface area contributed by atoms with Crippen LogP contribution in [0.1, 0.15) is 67.2 Å². The molecule has 0 radical (unpaired) electrons. The lowest BCUT2D eigenvalue weighted by atomic mass is 9.79. The molecule has 1 rings (SSSR count). The number of carboxylic acids is 3. The van der Waals surface area contributed by atoms with Crippen LogP contribution >= 0.6 is 0 Å². The average molecular weight is 435 g/mol. The van der Waals surface area contributed by atoms with E-state index in [1.165, 1.54) is 13.8 Å². The largest absolute Gasteiger partial charge is 0.547 e. The van der Waals surface area contributed by atoms with Gasteiger partial charge in [-0.05, 0) is 46.4 Å². The first-order valence-electron chi connectivity index (χ1n) is 9.59. The molecule has 0 atom stereocenters. The van der Waals surface area contributed by atoms with Crippen LogP contribution in [0.4, 0.5) is 0 Å². The second-order valence-electron chi connectivity index (χ2n) is 9.84. The van der Waals surface area contributed by atoms with Gasteiger partial charge in [-0.15, -0.1) is 0 Å². The van der Waals surface area contributed by atoms with Crippen molar-refractivity contribution in [3.8, 4) is 0 Å². The van der Waals surface area contributed by atoms with Crippen LogP contribution in [0.15, 0.2) is 0 Å². The zero-order valence-electron chi connectivity index (χ0n) is 18.3. The van der Waals surface area contributed by atoms with Crippen LogP contribution < -0.4 is 5.11 Å². The molecule has 0 aromatic heterocycles. The standard InChI is InChI=1S/C19H33NO10/c1-16(2)7-12(21)8-17(3,4)20(16,29-11-18(5,6)28)30-19(15(26)27,9-13(22)23)10-14(24)25/h12,21,28H,7-11H2,1-6H3,(H2-,22,23,24,25,26,27). The summed E-state index contributed by atoms with van der Waals surface area (Å²) in [5.74, 6) is -5.23. The van der Waals surface area contributed by atoms with Gasteiger partial charge in [-0.3, -0.25) is 9.59 Å².